The molecule has 0 aliphatic heterocycles. The van der Waals surface area contributed by atoms with Gasteiger partial charge >= 0.3 is 0 Å². The number of amides is 1. The summed E-state index contributed by atoms with van der Waals surface area (Å²) < 4.78 is 15.7. The fraction of sp³-hybridized carbons (Fsp3) is 0.100. The van der Waals surface area contributed by atoms with Gasteiger partial charge in [-0.15, -0.1) is 0 Å². The van der Waals surface area contributed by atoms with Gasteiger partial charge in [-0.2, -0.15) is 5.10 Å². The molecule has 2 aromatic heterocycles. The molecular formula is C20H16FN5O2. The average molecular weight is 377 g/mol. The molecular weight excluding hydrogens is 361 g/mol. The molecule has 0 fully saturated rings. The quantitative estimate of drug-likeness (QED) is 0.593. The van der Waals surface area contributed by atoms with Crippen LogP contribution in [0.25, 0.3) is 16.7 Å². The van der Waals surface area contributed by atoms with Crippen LogP contribution in [0.2, 0.25) is 0 Å². The van der Waals surface area contributed by atoms with Crippen LogP contribution in [0.15, 0.2) is 65.8 Å². The number of halogens is 1. The van der Waals surface area contributed by atoms with E-state index in [1.54, 1.807) is 4.68 Å². The molecule has 4 rings (SSSR count). The highest BCUT2D eigenvalue weighted by Gasteiger charge is 2.13. The normalized spacial score (nSPS) is 10.9. The lowest BCUT2D eigenvalue weighted by atomic mass is 10.2. The van der Waals surface area contributed by atoms with Gasteiger partial charge in [0.15, 0.2) is 5.65 Å². The van der Waals surface area contributed by atoms with Gasteiger partial charge < -0.3 is 5.32 Å². The Morgan fingerprint density at radius 1 is 1.11 bits per heavy atom. The third kappa shape index (κ3) is 3.39. The molecule has 2 heterocycles. The molecule has 1 N–H and O–H groups in total. The number of nitrogens with one attached hydrogen (secondary N) is 1. The van der Waals surface area contributed by atoms with Crippen LogP contribution in [0.1, 0.15) is 5.56 Å². The smallest absolute Gasteiger partial charge is 0.264 e. The van der Waals surface area contributed by atoms with E-state index in [-0.39, 0.29) is 12.1 Å². The summed E-state index contributed by atoms with van der Waals surface area (Å²) in [7, 11) is 0. The lowest BCUT2D eigenvalue weighted by Gasteiger charge is -2.08. The van der Waals surface area contributed by atoms with Crippen LogP contribution in [0.3, 0.4) is 0 Å². The van der Waals surface area contributed by atoms with Crippen LogP contribution >= 0.6 is 0 Å². The molecule has 0 saturated heterocycles. The fourth-order valence-corrected chi connectivity index (χ4v) is 2.82. The van der Waals surface area contributed by atoms with E-state index < -0.39 is 11.7 Å². The van der Waals surface area contributed by atoms with Crippen molar-refractivity contribution in [2.45, 2.75) is 13.5 Å². The lowest BCUT2D eigenvalue weighted by molar-refractivity contribution is -0.116. The molecule has 1 amide bonds. The fourth-order valence-electron chi connectivity index (χ4n) is 2.82. The zero-order valence-corrected chi connectivity index (χ0v) is 15.0. The second-order valence-corrected chi connectivity index (χ2v) is 6.36. The SMILES string of the molecule is Cc1ccc(-n2ncc3c(=O)n(CC(=O)Nc4ccc(F)cc4)cnc32)cc1. The van der Waals surface area contributed by atoms with Gasteiger partial charge in [-0.1, -0.05) is 17.7 Å². The molecule has 0 unspecified atom stereocenters. The molecule has 0 aliphatic carbocycles. The van der Waals surface area contributed by atoms with Crippen LogP contribution in [-0.4, -0.2) is 25.2 Å². The molecule has 0 atom stereocenters. The number of carbonyl (C=O) groups is 1. The Morgan fingerprint density at radius 2 is 1.82 bits per heavy atom. The number of hydrogen-bond acceptors (Lipinski definition) is 4. The average Bonchev–Trinajstić information content (AvgIpc) is 3.11. The molecule has 8 heteroatoms. The van der Waals surface area contributed by atoms with Gasteiger partial charge in [-0.25, -0.2) is 14.1 Å². The summed E-state index contributed by atoms with van der Waals surface area (Å²) in [6, 6.07) is 13.1. The van der Waals surface area contributed by atoms with E-state index in [4.69, 9.17) is 0 Å². The van der Waals surface area contributed by atoms with Crippen LogP contribution in [0.5, 0.6) is 0 Å². The summed E-state index contributed by atoms with van der Waals surface area (Å²) in [6.07, 6.45) is 2.76. The standard InChI is InChI=1S/C20H16FN5O2/c1-13-2-8-16(9-3-13)26-19-17(10-23-26)20(28)25(12-22-19)11-18(27)24-15-6-4-14(21)5-7-15/h2-10,12H,11H2,1H3,(H,24,27). The Bertz CT molecular complexity index is 1210. The van der Waals surface area contributed by atoms with Crippen molar-refractivity contribution in [3.63, 3.8) is 0 Å². The summed E-state index contributed by atoms with van der Waals surface area (Å²) in [5, 5.41) is 7.19. The first-order valence-electron chi connectivity index (χ1n) is 8.57. The van der Waals surface area contributed by atoms with Crippen molar-refractivity contribution in [3.05, 3.63) is 82.8 Å². The number of hydrogen-bond donors (Lipinski definition) is 1. The molecule has 0 spiro atoms. The Hall–Kier alpha value is -3.81. The Kier molecular flexibility index (Phi) is 4.44. The largest absolute Gasteiger partial charge is 0.325 e. The zero-order valence-electron chi connectivity index (χ0n) is 15.0. The third-order valence-corrected chi connectivity index (χ3v) is 4.27. The molecule has 0 bridgehead atoms. The van der Waals surface area contributed by atoms with Crippen molar-refractivity contribution in [2.24, 2.45) is 0 Å². The highest BCUT2D eigenvalue weighted by atomic mass is 19.1. The van der Waals surface area contributed by atoms with Crippen LogP contribution in [-0.2, 0) is 11.3 Å². The summed E-state index contributed by atoms with van der Waals surface area (Å²) in [5.41, 5.74) is 2.41. The van der Waals surface area contributed by atoms with Gasteiger partial charge in [-0.05, 0) is 43.3 Å². The summed E-state index contributed by atoms with van der Waals surface area (Å²) >= 11 is 0. The van der Waals surface area contributed by atoms with Crippen LogP contribution in [0.4, 0.5) is 10.1 Å². The Balaban J connectivity index is 1.60. The third-order valence-electron chi connectivity index (χ3n) is 4.27. The van der Waals surface area contributed by atoms with E-state index >= 15 is 0 Å². The maximum Gasteiger partial charge on any atom is 0.264 e. The summed E-state index contributed by atoms with van der Waals surface area (Å²) in [4.78, 5) is 29.2. The Morgan fingerprint density at radius 3 is 2.54 bits per heavy atom. The van der Waals surface area contributed by atoms with Crippen LogP contribution in [0, 0.1) is 12.7 Å². The maximum absolute atomic E-state index is 12.9. The van der Waals surface area contributed by atoms with E-state index in [0.29, 0.717) is 16.7 Å². The number of anilines is 1. The monoisotopic (exact) mass is 377 g/mol. The van der Waals surface area contributed by atoms with Gasteiger partial charge in [0.25, 0.3) is 5.56 Å². The van der Waals surface area contributed by atoms with Crippen molar-refractivity contribution >= 4 is 22.6 Å². The second kappa shape index (κ2) is 7.07. The van der Waals surface area contributed by atoms with E-state index in [9.17, 15) is 14.0 Å². The first-order chi connectivity index (χ1) is 13.5. The van der Waals surface area contributed by atoms with Gasteiger partial charge in [-0.3, -0.25) is 14.2 Å². The number of carbonyl (C=O) groups excluding carboxylic acids is 1. The van der Waals surface area contributed by atoms with E-state index in [1.807, 2.05) is 31.2 Å². The number of rotatable bonds is 4. The molecule has 28 heavy (non-hydrogen) atoms. The first kappa shape index (κ1) is 17.6. The molecule has 0 aliphatic rings. The van der Waals surface area contributed by atoms with Gasteiger partial charge in [0.1, 0.15) is 24.1 Å². The van der Waals surface area contributed by atoms with Gasteiger partial charge in [0.05, 0.1) is 11.9 Å². The predicted octanol–water partition coefficient (Wildman–Crippen LogP) is 2.67. The topological polar surface area (TPSA) is 81.8 Å². The number of fused-ring (bicyclic) bond motifs is 1. The molecule has 0 radical (unpaired) electrons. The number of aryl methyl sites for hydroxylation is 1. The maximum atomic E-state index is 12.9. The van der Waals surface area contributed by atoms with E-state index in [2.05, 4.69) is 15.4 Å². The second-order valence-electron chi connectivity index (χ2n) is 6.36. The minimum Gasteiger partial charge on any atom is -0.325 e. The van der Waals surface area contributed by atoms with Crippen molar-refractivity contribution < 1.29 is 9.18 Å². The summed E-state index contributed by atoms with van der Waals surface area (Å²) in [5.74, 6) is -0.810. The molecule has 4 aromatic rings. The Labute approximate surface area is 159 Å². The molecule has 140 valence electrons. The minimum absolute atomic E-state index is 0.213. The van der Waals surface area contributed by atoms with Gasteiger partial charge in [0, 0.05) is 5.69 Å². The number of aromatic nitrogens is 4. The predicted molar refractivity (Wildman–Crippen MR) is 103 cm³/mol. The van der Waals surface area contributed by atoms with Crippen molar-refractivity contribution in [1.82, 2.24) is 19.3 Å². The van der Waals surface area contributed by atoms with Crippen LogP contribution < -0.4 is 10.9 Å². The number of nitrogens with zero attached hydrogens (tertiary/aromatic N) is 4. The first-order valence-corrected chi connectivity index (χ1v) is 8.57. The molecule has 7 nitrogen and oxygen atoms in total. The molecule has 0 saturated carbocycles. The van der Waals surface area contributed by atoms with E-state index in [1.165, 1.54) is 41.4 Å². The molecule has 2 aromatic carbocycles. The summed E-state index contributed by atoms with van der Waals surface area (Å²) in [6.45, 7) is 1.77. The number of benzene rings is 2. The highest BCUT2D eigenvalue weighted by Crippen LogP contribution is 2.14. The van der Waals surface area contributed by atoms with Crippen molar-refractivity contribution in [1.29, 1.82) is 0 Å². The highest BCUT2D eigenvalue weighted by molar-refractivity contribution is 5.90. The zero-order chi connectivity index (χ0) is 19.7. The van der Waals surface area contributed by atoms with Gasteiger partial charge in [0.2, 0.25) is 5.91 Å². The van der Waals surface area contributed by atoms with Crippen molar-refractivity contribution in [3.8, 4) is 5.69 Å². The minimum atomic E-state index is -0.416. The lowest BCUT2D eigenvalue weighted by Crippen LogP contribution is -2.27. The van der Waals surface area contributed by atoms with Crippen molar-refractivity contribution in [2.75, 3.05) is 5.32 Å². The van der Waals surface area contributed by atoms with E-state index in [0.717, 1.165) is 11.3 Å².